The fourth-order valence-corrected chi connectivity index (χ4v) is 3.68. The molecule has 1 aliphatic heterocycles. The Morgan fingerprint density at radius 3 is 2.58 bits per heavy atom. The van der Waals surface area contributed by atoms with Crippen LogP contribution in [-0.4, -0.2) is 29.4 Å². The third-order valence-corrected chi connectivity index (χ3v) is 5.50. The highest BCUT2D eigenvalue weighted by molar-refractivity contribution is 6.04. The fraction of sp³-hybridized carbons (Fsp3) is 0.192. The molecule has 6 nitrogen and oxygen atoms in total. The molecule has 1 N–H and O–H groups in total. The van der Waals surface area contributed by atoms with Crippen LogP contribution in [-0.2, 0) is 17.8 Å². The van der Waals surface area contributed by atoms with Crippen LogP contribution in [0.1, 0.15) is 34.0 Å². The maximum atomic E-state index is 13.2. The van der Waals surface area contributed by atoms with Gasteiger partial charge in [-0.05, 0) is 73.5 Å². The van der Waals surface area contributed by atoms with Gasteiger partial charge in [0.2, 0.25) is 0 Å². The fourth-order valence-electron chi connectivity index (χ4n) is 3.68. The minimum absolute atomic E-state index is 0.128. The van der Waals surface area contributed by atoms with Crippen molar-refractivity contribution >= 4 is 17.5 Å². The molecule has 0 saturated carbocycles. The first-order valence-corrected chi connectivity index (χ1v) is 10.6. The third kappa shape index (κ3) is 5.18. The van der Waals surface area contributed by atoms with Crippen molar-refractivity contribution in [3.63, 3.8) is 0 Å². The van der Waals surface area contributed by atoms with Crippen LogP contribution in [0.5, 0.6) is 5.75 Å². The zero-order valence-electron chi connectivity index (χ0n) is 18.0. The Labute approximate surface area is 191 Å². The Morgan fingerprint density at radius 1 is 1.15 bits per heavy atom. The number of hydrogen-bond acceptors (Lipinski definition) is 4. The number of nitriles is 1. The van der Waals surface area contributed by atoms with E-state index in [1.165, 1.54) is 12.1 Å². The summed E-state index contributed by atoms with van der Waals surface area (Å²) >= 11 is 0. The first-order chi connectivity index (χ1) is 15.9. The highest BCUT2D eigenvalue weighted by Gasteiger charge is 2.28. The van der Waals surface area contributed by atoms with Crippen LogP contribution in [0.4, 0.5) is 10.1 Å². The summed E-state index contributed by atoms with van der Waals surface area (Å²) in [5.74, 6) is -0.129. The van der Waals surface area contributed by atoms with Gasteiger partial charge in [-0.2, -0.15) is 5.26 Å². The van der Waals surface area contributed by atoms with E-state index in [1.54, 1.807) is 66.4 Å². The molecule has 0 spiro atoms. The van der Waals surface area contributed by atoms with Crippen LogP contribution in [0.25, 0.3) is 0 Å². The average molecular weight is 443 g/mol. The van der Waals surface area contributed by atoms with Gasteiger partial charge in [-0.1, -0.05) is 12.1 Å². The number of hydrogen-bond donors (Lipinski definition) is 1. The summed E-state index contributed by atoms with van der Waals surface area (Å²) in [7, 11) is 0. The Morgan fingerprint density at radius 2 is 1.88 bits per heavy atom. The number of benzene rings is 3. The lowest BCUT2D eigenvalue weighted by Gasteiger charge is -2.22. The molecule has 33 heavy (non-hydrogen) atoms. The van der Waals surface area contributed by atoms with E-state index in [9.17, 15) is 14.0 Å². The molecular weight excluding hydrogens is 421 g/mol. The molecule has 0 fully saturated rings. The number of carbonyl (C=O) groups excluding carboxylic acids is 2. The molecule has 166 valence electrons. The number of amides is 2. The van der Waals surface area contributed by atoms with Gasteiger partial charge < -0.3 is 15.0 Å². The summed E-state index contributed by atoms with van der Waals surface area (Å²) in [6, 6.07) is 19.9. The minimum Gasteiger partial charge on any atom is -0.481 e. The van der Waals surface area contributed by atoms with Crippen molar-refractivity contribution in [1.82, 2.24) is 4.90 Å². The predicted octanol–water partition coefficient (Wildman–Crippen LogP) is 4.30. The largest absolute Gasteiger partial charge is 0.481 e. The van der Waals surface area contributed by atoms with Gasteiger partial charge in [0.05, 0.1) is 11.6 Å². The zero-order chi connectivity index (χ0) is 23.4. The molecule has 7 heteroatoms. The number of nitrogens with zero attached hydrogens (tertiary/aromatic N) is 2. The van der Waals surface area contributed by atoms with Crippen molar-refractivity contribution in [2.75, 3.05) is 11.9 Å². The molecule has 2 amide bonds. The molecule has 0 aromatic heterocycles. The van der Waals surface area contributed by atoms with Gasteiger partial charge in [0.1, 0.15) is 11.6 Å². The topological polar surface area (TPSA) is 82.4 Å². The van der Waals surface area contributed by atoms with Crippen molar-refractivity contribution in [3.05, 3.63) is 94.8 Å². The van der Waals surface area contributed by atoms with Gasteiger partial charge in [0, 0.05) is 29.9 Å². The predicted molar refractivity (Wildman–Crippen MR) is 121 cm³/mol. The summed E-state index contributed by atoms with van der Waals surface area (Å²) in [6.07, 6.45) is -0.0537. The Bertz CT molecular complexity index is 1220. The quantitative estimate of drug-likeness (QED) is 0.637. The van der Waals surface area contributed by atoms with Crippen LogP contribution in [0.3, 0.4) is 0 Å². The second kappa shape index (κ2) is 9.53. The summed E-state index contributed by atoms with van der Waals surface area (Å²) in [6.45, 7) is 2.50. The summed E-state index contributed by atoms with van der Waals surface area (Å²) < 4.78 is 19.0. The molecule has 1 unspecified atom stereocenters. The van der Waals surface area contributed by atoms with Crippen molar-refractivity contribution in [3.8, 4) is 11.8 Å². The van der Waals surface area contributed by atoms with Crippen LogP contribution in [0, 0.1) is 17.1 Å². The summed E-state index contributed by atoms with van der Waals surface area (Å²) in [5, 5.41) is 11.8. The second-order valence-corrected chi connectivity index (χ2v) is 7.86. The molecule has 1 aliphatic rings. The maximum Gasteiger partial charge on any atom is 0.263 e. The van der Waals surface area contributed by atoms with Crippen molar-refractivity contribution in [1.29, 1.82) is 5.26 Å². The lowest BCUT2D eigenvalue weighted by molar-refractivity contribution is -0.137. The van der Waals surface area contributed by atoms with E-state index in [0.29, 0.717) is 42.1 Å². The van der Waals surface area contributed by atoms with Crippen LogP contribution in [0.15, 0.2) is 66.7 Å². The molecule has 3 aromatic rings. The minimum atomic E-state index is -0.640. The van der Waals surface area contributed by atoms with Gasteiger partial charge in [0.15, 0.2) is 6.10 Å². The van der Waals surface area contributed by atoms with E-state index in [-0.39, 0.29) is 17.6 Å². The molecule has 0 aliphatic carbocycles. The SMILES string of the molecule is CC1Oc2ccc(NC(=O)c3ccc(C#N)cc3)cc2CN(CCc2ccc(F)cc2)C1=O. The van der Waals surface area contributed by atoms with Crippen LogP contribution >= 0.6 is 0 Å². The number of ether oxygens (including phenoxy) is 1. The lowest BCUT2D eigenvalue weighted by atomic mass is 10.1. The van der Waals surface area contributed by atoms with E-state index in [0.717, 1.165) is 11.1 Å². The van der Waals surface area contributed by atoms with Gasteiger partial charge in [0.25, 0.3) is 11.8 Å². The van der Waals surface area contributed by atoms with Crippen LogP contribution in [0.2, 0.25) is 0 Å². The third-order valence-electron chi connectivity index (χ3n) is 5.50. The number of nitrogens with one attached hydrogen (secondary N) is 1. The number of fused-ring (bicyclic) bond motifs is 1. The molecule has 4 rings (SSSR count). The highest BCUT2D eigenvalue weighted by Crippen LogP contribution is 2.29. The smallest absolute Gasteiger partial charge is 0.263 e. The molecule has 3 aromatic carbocycles. The molecular formula is C26H22FN3O3. The van der Waals surface area contributed by atoms with Crippen molar-refractivity contribution in [2.24, 2.45) is 0 Å². The van der Waals surface area contributed by atoms with Crippen LogP contribution < -0.4 is 10.1 Å². The summed E-state index contributed by atoms with van der Waals surface area (Å²) in [4.78, 5) is 27.1. The highest BCUT2D eigenvalue weighted by atomic mass is 19.1. The second-order valence-electron chi connectivity index (χ2n) is 7.86. The molecule has 1 heterocycles. The van der Waals surface area contributed by atoms with Gasteiger partial charge >= 0.3 is 0 Å². The lowest BCUT2D eigenvalue weighted by Crippen LogP contribution is -2.39. The first-order valence-electron chi connectivity index (χ1n) is 10.6. The number of rotatable bonds is 5. The Balaban J connectivity index is 1.49. The van der Waals surface area contributed by atoms with Crippen molar-refractivity contribution < 1.29 is 18.7 Å². The first kappa shape index (κ1) is 22.0. The van der Waals surface area contributed by atoms with E-state index in [1.807, 2.05) is 6.07 Å². The standard InChI is InChI=1S/C26H22FN3O3/c1-17-26(32)30(13-12-18-4-8-22(27)9-5-18)16-21-14-23(10-11-24(21)33-17)29-25(31)20-6-2-19(15-28)3-7-20/h2-11,14,17H,12-13,16H2,1H3,(H,29,31). The monoisotopic (exact) mass is 443 g/mol. The average Bonchev–Trinajstić information content (AvgIpc) is 2.94. The molecule has 1 atom stereocenters. The zero-order valence-corrected chi connectivity index (χ0v) is 18.0. The molecule has 0 saturated heterocycles. The van der Waals surface area contributed by atoms with Gasteiger partial charge in [-0.3, -0.25) is 9.59 Å². The van der Waals surface area contributed by atoms with E-state index < -0.39 is 6.10 Å². The Hall–Kier alpha value is -4.18. The van der Waals surface area contributed by atoms with Gasteiger partial charge in [-0.15, -0.1) is 0 Å². The van der Waals surface area contributed by atoms with Gasteiger partial charge in [-0.25, -0.2) is 4.39 Å². The van der Waals surface area contributed by atoms with E-state index >= 15 is 0 Å². The number of anilines is 1. The maximum absolute atomic E-state index is 13.2. The number of halogens is 1. The Kier molecular flexibility index (Phi) is 6.36. The molecule has 0 bridgehead atoms. The summed E-state index contributed by atoms with van der Waals surface area (Å²) in [5.41, 5.74) is 3.21. The van der Waals surface area contributed by atoms with E-state index in [4.69, 9.17) is 10.00 Å². The molecule has 0 radical (unpaired) electrons. The normalized spacial score (nSPS) is 15.1. The number of carbonyl (C=O) groups is 2. The van der Waals surface area contributed by atoms with E-state index in [2.05, 4.69) is 5.32 Å². The van der Waals surface area contributed by atoms with Crippen molar-refractivity contribution in [2.45, 2.75) is 26.0 Å².